The van der Waals surface area contributed by atoms with E-state index in [0.29, 0.717) is 18.9 Å². The van der Waals surface area contributed by atoms with Crippen LogP contribution in [-0.4, -0.2) is 85.1 Å². The zero-order chi connectivity index (χ0) is 32.6. The van der Waals surface area contributed by atoms with Crippen LogP contribution in [-0.2, 0) is 14.3 Å². The van der Waals surface area contributed by atoms with Crippen LogP contribution in [0.15, 0.2) is 53.6 Å². The van der Waals surface area contributed by atoms with Gasteiger partial charge in [0.15, 0.2) is 0 Å². The molecule has 2 fully saturated rings. The predicted molar refractivity (Wildman–Crippen MR) is 173 cm³/mol. The number of fused-ring (bicyclic) bond motifs is 3. The first-order valence-electron chi connectivity index (χ1n) is 16.2. The molecule has 1 saturated carbocycles. The fourth-order valence-electron chi connectivity index (χ4n) is 6.76. The summed E-state index contributed by atoms with van der Waals surface area (Å²) in [6.07, 6.45) is 3.87. The smallest absolute Gasteiger partial charge is 0.410 e. The van der Waals surface area contributed by atoms with Gasteiger partial charge in [-0.25, -0.2) is 15.0 Å². The molecule has 0 unspecified atom stereocenters. The van der Waals surface area contributed by atoms with Crippen molar-refractivity contribution in [2.75, 3.05) is 26.7 Å². The summed E-state index contributed by atoms with van der Waals surface area (Å²) in [5.74, 6) is -0.130. The number of nitrogens with one attached hydrogen (secondary N) is 4. The number of aliphatic hydroxyl groups is 1. The normalized spacial score (nSPS) is 22.9. The molecule has 12 heteroatoms. The lowest BCUT2D eigenvalue weighted by Crippen LogP contribution is -2.49. The minimum Gasteiger partial charge on any atom is -0.448 e. The molecule has 3 aliphatic rings. The zero-order valence-electron chi connectivity index (χ0n) is 26.4. The fourth-order valence-corrected chi connectivity index (χ4v) is 6.76. The number of aliphatic hydroxyl groups excluding tert-OH is 1. The van der Waals surface area contributed by atoms with Gasteiger partial charge in [-0.1, -0.05) is 55.5 Å². The zero-order valence-corrected chi connectivity index (χ0v) is 26.4. The molecular weight excluding hydrogens is 588 g/mol. The summed E-state index contributed by atoms with van der Waals surface area (Å²) in [4.78, 5) is 51.9. The minimum absolute atomic E-state index is 0.00514. The largest absolute Gasteiger partial charge is 0.448 e. The Balaban J connectivity index is 1.09. The molecule has 2 aliphatic carbocycles. The highest BCUT2D eigenvalue weighted by Gasteiger charge is 2.41. The van der Waals surface area contributed by atoms with Crippen LogP contribution >= 0.6 is 0 Å². The molecule has 0 aromatic heterocycles. The molecule has 2 aromatic carbocycles. The Morgan fingerprint density at radius 2 is 1.65 bits per heavy atom. The van der Waals surface area contributed by atoms with E-state index in [1.54, 1.807) is 7.05 Å². The number of benzene rings is 2. The highest BCUT2D eigenvalue weighted by Crippen LogP contribution is 2.44. The third kappa shape index (κ3) is 7.67. The van der Waals surface area contributed by atoms with Gasteiger partial charge in [0.1, 0.15) is 12.6 Å². The van der Waals surface area contributed by atoms with Gasteiger partial charge >= 0.3 is 12.1 Å². The molecular formula is C34H44N6O6. The van der Waals surface area contributed by atoms with Crippen molar-refractivity contribution < 1.29 is 29.0 Å². The fraction of sp³-hybridized carbons (Fsp3) is 0.500. The second-order valence-corrected chi connectivity index (χ2v) is 12.3. The monoisotopic (exact) mass is 632 g/mol. The number of ether oxygens (including phenoxy) is 1. The summed E-state index contributed by atoms with van der Waals surface area (Å²) >= 11 is 0. The molecule has 1 heterocycles. The summed E-state index contributed by atoms with van der Waals surface area (Å²) in [6, 6.07) is 14.3. The van der Waals surface area contributed by atoms with E-state index in [4.69, 9.17) is 4.74 Å². The molecule has 1 saturated heterocycles. The van der Waals surface area contributed by atoms with Gasteiger partial charge in [0.05, 0.1) is 18.7 Å². The first kappa shape index (κ1) is 32.9. The second kappa shape index (κ2) is 15.2. The number of rotatable bonds is 10. The van der Waals surface area contributed by atoms with E-state index >= 15 is 0 Å². The highest BCUT2D eigenvalue weighted by molar-refractivity contribution is 5.89. The van der Waals surface area contributed by atoms with Crippen molar-refractivity contribution >= 4 is 30.2 Å². The van der Waals surface area contributed by atoms with Crippen molar-refractivity contribution in [2.45, 2.75) is 69.6 Å². The second-order valence-electron chi connectivity index (χ2n) is 12.3. The molecule has 0 spiro atoms. The molecule has 0 bridgehead atoms. The van der Waals surface area contributed by atoms with E-state index < -0.39 is 36.2 Å². The summed E-state index contributed by atoms with van der Waals surface area (Å²) in [5.41, 5.74) is 6.85. The average molecular weight is 633 g/mol. The summed E-state index contributed by atoms with van der Waals surface area (Å²) in [6.45, 7) is 2.46. The first-order valence-corrected chi connectivity index (χ1v) is 16.2. The lowest BCUT2D eigenvalue weighted by Gasteiger charge is -2.27. The van der Waals surface area contributed by atoms with Crippen LogP contribution in [0.5, 0.6) is 0 Å². The Labute approximate surface area is 269 Å². The molecule has 5 amide bonds. The van der Waals surface area contributed by atoms with Gasteiger partial charge in [-0.05, 0) is 60.3 Å². The molecule has 12 nitrogen and oxygen atoms in total. The van der Waals surface area contributed by atoms with Crippen molar-refractivity contribution in [3.63, 3.8) is 0 Å². The number of nitrogens with zero attached hydrogens (tertiary/aromatic N) is 2. The topological polar surface area (TPSA) is 161 Å². The lowest BCUT2D eigenvalue weighted by molar-refractivity contribution is -0.126. The van der Waals surface area contributed by atoms with Gasteiger partial charge in [-0.3, -0.25) is 14.5 Å². The molecule has 5 rings (SSSR count). The number of hydrogen-bond acceptors (Lipinski definition) is 7. The SMILES string of the molecule is CC[C@@H](/C=N/NC(=O)NCC1CCC(C(=O)NC)CC1)NC(=O)[C@@H]1C[C@@H](O)CN1C(=O)OCC1c2ccccc2-c2ccccc21. The minimum atomic E-state index is -0.900. The van der Waals surface area contributed by atoms with Gasteiger partial charge in [0.25, 0.3) is 0 Å². The van der Waals surface area contributed by atoms with Gasteiger partial charge in [0, 0.05) is 38.1 Å². The van der Waals surface area contributed by atoms with Crippen molar-refractivity contribution in [3.05, 3.63) is 59.7 Å². The van der Waals surface area contributed by atoms with E-state index in [2.05, 4.69) is 38.6 Å². The summed E-state index contributed by atoms with van der Waals surface area (Å²) in [5, 5.41) is 22.7. The van der Waals surface area contributed by atoms with Crippen LogP contribution in [0, 0.1) is 11.8 Å². The predicted octanol–water partition coefficient (Wildman–Crippen LogP) is 3.10. The number of urea groups is 1. The molecule has 1 aliphatic heterocycles. The Morgan fingerprint density at radius 3 is 2.28 bits per heavy atom. The van der Waals surface area contributed by atoms with E-state index in [1.165, 1.54) is 11.1 Å². The maximum Gasteiger partial charge on any atom is 0.410 e. The van der Waals surface area contributed by atoms with Gasteiger partial charge < -0.3 is 25.8 Å². The van der Waals surface area contributed by atoms with Crippen LogP contribution in [0.3, 0.4) is 0 Å². The van der Waals surface area contributed by atoms with Crippen molar-refractivity contribution in [1.29, 1.82) is 0 Å². The van der Waals surface area contributed by atoms with Crippen LogP contribution in [0.2, 0.25) is 0 Å². The maximum atomic E-state index is 13.3. The van der Waals surface area contributed by atoms with Crippen LogP contribution < -0.4 is 21.4 Å². The number of hydrazone groups is 1. The van der Waals surface area contributed by atoms with Gasteiger partial charge in [0.2, 0.25) is 11.8 Å². The highest BCUT2D eigenvalue weighted by atomic mass is 16.6. The standard InChI is InChI=1S/C34H44N6O6/c1-3-23(18-37-39-33(44)36-17-21-12-14-22(15-13-21)31(42)35-2)38-32(43)30-16-24(41)19-40(30)34(45)46-20-29-27-10-6-4-8-25(27)26-9-5-7-11-28(26)29/h4-11,18,21-24,29-30,41H,3,12-17,19-20H2,1-2H3,(H,35,42)(H,38,43)(H2,36,39,44)/b37-18+/t21?,22?,23-,24+,30-/m0/s1. The summed E-state index contributed by atoms with van der Waals surface area (Å²) in [7, 11) is 1.65. The number of likely N-dealkylation sites (tertiary alicyclic amines) is 1. The number of β-amino-alcohol motifs (C(OH)–C–C–N with tert-alkyl or cyclic N) is 1. The third-order valence-corrected chi connectivity index (χ3v) is 9.36. The Hall–Kier alpha value is -4.45. The third-order valence-electron chi connectivity index (χ3n) is 9.36. The number of carbonyl (C=O) groups is 4. The molecule has 46 heavy (non-hydrogen) atoms. The summed E-state index contributed by atoms with van der Waals surface area (Å²) < 4.78 is 5.76. The molecule has 0 radical (unpaired) electrons. The number of carbonyl (C=O) groups excluding carboxylic acids is 4. The Morgan fingerprint density at radius 1 is 1.00 bits per heavy atom. The molecule has 246 valence electrons. The first-order chi connectivity index (χ1) is 22.3. The average Bonchev–Trinajstić information content (AvgIpc) is 3.63. The maximum absolute atomic E-state index is 13.3. The molecule has 5 N–H and O–H groups in total. The van der Waals surface area contributed by atoms with Crippen molar-refractivity contribution in [2.24, 2.45) is 16.9 Å². The Kier molecular flexibility index (Phi) is 10.9. The van der Waals surface area contributed by atoms with Crippen molar-refractivity contribution in [3.8, 4) is 11.1 Å². The molecule has 3 atom stereocenters. The molecule has 2 aromatic rings. The van der Waals surface area contributed by atoms with E-state index in [-0.39, 0.29) is 37.3 Å². The van der Waals surface area contributed by atoms with E-state index in [9.17, 15) is 24.3 Å². The number of hydrogen-bond donors (Lipinski definition) is 5. The number of amides is 5. The van der Waals surface area contributed by atoms with E-state index in [0.717, 1.165) is 47.9 Å². The van der Waals surface area contributed by atoms with Gasteiger partial charge in [-0.15, -0.1) is 0 Å². The lowest BCUT2D eigenvalue weighted by atomic mass is 9.81. The van der Waals surface area contributed by atoms with Gasteiger partial charge in [-0.2, -0.15) is 5.10 Å². The van der Waals surface area contributed by atoms with Crippen LogP contribution in [0.4, 0.5) is 9.59 Å². The van der Waals surface area contributed by atoms with E-state index in [1.807, 2.05) is 43.3 Å². The Bertz CT molecular complexity index is 1400. The quantitative estimate of drug-likeness (QED) is 0.200. The van der Waals surface area contributed by atoms with Crippen LogP contribution in [0.25, 0.3) is 11.1 Å². The van der Waals surface area contributed by atoms with Crippen LogP contribution in [0.1, 0.15) is 62.5 Å². The van der Waals surface area contributed by atoms with Crippen molar-refractivity contribution in [1.82, 2.24) is 26.3 Å².